The number of rotatable bonds is 4. The molecule has 1 N–H and O–H groups in total. The number of benzene rings is 2. The van der Waals surface area contributed by atoms with Crippen molar-refractivity contribution in [3.63, 3.8) is 0 Å². The van der Waals surface area contributed by atoms with Gasteiger partial charge in [-0.3, -0.25) is 0 Å². The summed E-state index contributed by atoms with van der Waals surface area (Å²) in [4.78, 5) is 23.8. The fraction of sp³-hybridized carbons (Fsp3) is 0.100. The second-order valence-corrected chi connectivity index (χ2v) is 5.86. The minimum absolute atomic E-state index is 0.115. The highest BCUT2D eigenvalue weighted by Crippen LogP contribution is 2.36. The summed E-state index contributed by atoms with van der Waals surface area (Å²) in [5.41, 5.74) is -0.818. The summed E-state index contributed by atoms with van der Waals surface area (Å²) in [6, 6.07) is 10.2. The highest BCUT2D eigenvalue weighted by molar-refractivity contribution is 5.83. The molecule has 0 aliphatic heterocycles. The Kier molecular flexibility index (Phi) is 4.15. The Hall–Kier alpha value is -3.94. The molecule has 0 unspecified atom stereocenters. The molecule has 0 radical (unpaired) electrons. The van der Waals surface area contributed by atoms with Crippen molar-refractivity contribution in [2.24, 2.45) is 0 Å². The van der Waals surface area contributed by atoms with Crippen LogP contribution in [0, 0.1) is 0 Å². The van der Waals surface area contributed by atoms with Crippen LogP contribution in [0.3, 0.4) is 0 Å². The van der Waals surface area contributed by atoms with Crippen molar-refractivity contribution in [1.29, 1.82) is 0 Å². The summed E-state index contributed by atoms with van der Waals surface area (Å²) >= 11 is 0. The lowest BCUT2D eigenvalue weighted by atomic mass is 10.2. The van der Waals surface area contributed by atoms with Gasteiger partial charge in [0, 0.05) is 29.0 Å². The van der Waals surface area contributed by atoms with Crippen LogP contribution < -0.4 is 25.5 Å². The van der Waals surface area contributed by atoms with Crippen LogP contribution in [0.25, 0.3) is 21.9 Å². The number of methoxy groups -OCH3 is 2. The fourth-order valence-electron chi connectivity index (χ4n) is 2.78. The predicted octanol–water partition coefficient (Wildman–Crippen LogP) is 3.41. The fourth-order valence-corrected chi connectivity index (χ4v) is 2.78. The first kappa shape index (κ1) is 17.5. The molecular weight excluding hydrogens is 368 g/mol. The highest BCUT2D eigenvalue weighted by Gasteiger charge is 2.15. The Morgan fingerprint density at radius 2 is 1.43 bits per heavy atom. The van der Waals surface area contributed by atoms with Gasteiger partial charge in [-0.2, -0.15) is 0 Å². The van der Waals surface area contributed by atoms with E-state index in [-0.39, 0.29) is 34.2 Å². The molecule has 0 saturated heterocycles. The average molecular weight is 382 g/mol. The zero-order valence-corrected chi connectivity index (χ0v) is 14.8. The van der Waals surface area contributed by atoms with E-state index in [2.05, 4.69) is 0 Å². The molecule has 0 atom stereocenters. The third-order valence-corrected chi connectivity index (χ3v) is 4.13. The van der Waals surface area contributed by atoms with Crippen molar-refractivity contribution in [3.05, 3.63) is 63.3 Å². The van der Waals surface area contributed by atoms with E-state index in [1.807, 2.05) is 0 Å². The molecule has 2 aromatic heterocycles. The van der Waals surface area contributed by atoms with E-state index < -0.39 is 11.3 Å². The maximum atomic E-state index is 12.3. The van der Waals surface area contributed by atoms with E-state index >= 15 is 0 Å². The molecule has 8 heteroatoms. The molecule has 0 fully saturated rings. The summed E-state index contributed by atoms with van der Waals surface area (Å²) in [7, 11) is 2.86. The summed E-state index contributed by atoms with van der Waals surface area (Å²) in [6.45, 7) is 0. The predicted molar refractivity (Wildman–Crippen MR) is 99.8 cm³/mol. The monoisotopic (exact) mass is 382 g/mol. The Balaban J connectivity index is 1.84. The van der Waals surface area contributed by atoms with Gasteiger partial charge in [0.05, 0.1) is 14.2 Å². The number of hydrogen-bond acceptors (Lipinski definition) is 8. The van der Waals surface area contributed by atoms with Crippen LogP contribution in [-0.4, -0.2) is 19.3 Å². The second-order valence-electron chi connectivity index (χ2n) is 5.86. The first-order valence-electron chi connectivity index (χ1n) is 8.13. The number of fused-ring (bicyclic) bond motifs is 2. The quantitative estimate of drug-likeness (QED) is 0.535. The van der Waals surface area contributed by atoms with Gasteiger partial charge in [0.2, 0.25) is 5.75 Å². The summed E-state index contributed by atoms with van der Waals surface area (Å²) in [6.07, 6.45) is 0. The van der Waals surface area contributed by atoms with Crippen molar-refractivity contribution in [3.8, 4) is 28.7 Å². The van der Waals surface area contributed by atoms with Gasteiger partial charge in [0.15, 0.2) is 23.0 Å². The molecule has 0 amide bonds. The number of aromatic hydroxyl groups is 1. The molecule has 0 spiro atoms. The molecule has 4 rings (SSSR count). The molecule has 0 saturated carbocycles. The molecule has 4 aromatic rings. The molecule has 0 aliphatic carbocycles. The van der Waals surface area contributed by atoms with Gasteiger partial charge in [0.1, 0.15) is 11.2 Å². The Morgan fingerprint density at radius 1 is 0.750 bits per heavy atom. The molecule has 0 bridgehead atoms. The smallest absolute Gasteiger partial charge is 0.379 e. The van der Waals surface area contributed by atoms with Crippen LogP contribution in [0.5, 0.6) is 28.7 Å². The van der Waals surface area contributed by atoms with Gasteiger partial charge in [-0.1, -0.05) is 0 Å². The third-order valence-electron chi connectivity index (χ3n) is 4.13. The number of hydrogen-bond donors (Lipinski definition) is 1. The summed E-state index contributed by atoms with van der Waals surface area (Å²) in [5, 5.41) is 10.9. The standard InChI is InChI=1S/C20H14O8/c1-24-15-6-11-7-18(20(23)28-13(11)8-12(15)21)26-17-9-14-10(5-16(17)25-2)3-4-19(22)27-14/h3-9,21H,1-2H3. The first-order valence-corrected chi connectivity index (χ1v) is 8.13. The maximum absolute atomic E-state index is 12.3. The van der Waals surface area contributed by atoms with Crippen LogP contribution in [-0.2, 0) is 0 Å². The minimum atomic E-state index is -0.756. The van der Waals surface area contributed by atoms with Crippen LogP contribution >= 0.6 is 0 Å². The Bertz CT molecular complexity index is 1320. The van der Waals surface area contributed by atoms with Crippen LogP contribution in [0.15, 0.2) is 60.9 Å². The van der Waals surface area contributed by atoms with Gasteiger partial charge in [-0.05, 0) is 24.3 Å². The van der Waals surface area contributed by atoms with Crippen molar-refractivity contribution in [2.45, 2.75) is 0 Å². The van der Waals surface area contributed by atoms with Gasteiger partial charge >= 0.3 is 11.3 Å². The number of ether oxygens (including phenoxy) is 3. The average Bonchev–Trinajstić information content (AvgIpc) is 2.67. The largest absolute Gasteiger partial charge is 0.504 e. The highest BCUT2D eigenvalue weighted by atomic mass is 16.5. The lowest BCUT2D eigenvalue weighted by molar-refractivity contribution is 0.368. The van der Waals surface area contributed by atoms with Gasteiger partial charge in [0.25, 0.3) is 0 Å². The summed E-state index contributed by atoms with van der Waals surface area (Å²) < 4.78 is 26.4. The van der Waals surface area contributed by atoms with E-state index in [4.69, 9.17) is 23.0 Å². The van der Waals surface area contributed by atoms with Crippen molar-refractivity contribution in [1.82, 2.24) is 0 Å². The topological polar surface area (TPSA) is 108 Å². The first-order chi connectivity index (χ1) is 13.5. The van der Waals surface area contributed by atoms with Crippen LogP contribution in [0.1, 0.15) is 0 Å². The van der Waals surface area contributed by atoms with Crippen molar-refractivity contribution in [2.75, 3.05) is 14.2 Å². The maximum Gasteiger partial charge on any atom is 0.379 e. The molecule has 142 valence electrons. The van der Waals surface area contributed by atoms with E-state index in [0.29, 0.717) is 16.5 Å². The van der Waals surface area contributed by atoms with Gasteiger partial charge in [-0.25, -0.2) is 9.59 Å². The second kappa shape index (κ2) is 6.66. The van der Waals surface area contributed by atoms with Crippen LogP contribution in [0.2, 0.25) is 0 Å². The zero-order valence-electron chi connectivity index (χ0n) is 14.8. The number of phenols is 1. The van der Waals surface area contributed by atoms with Crippen molar-refractivity contribution >= 4 is 21.9 Å². The lowest BCUT2D eigenvalue weighted by Crippen LogP contribution is -2.04. The van der Waals surface area contributed by atoms with E-state index in [1.54, 1.807) is 12.1 Å². The SMILES string of the molecule is COc1cc2cc(Oc3cc4oc(=O)ccc4cc3OC)c(=O)oc2cc1O. The van der Waals surface area contributed by atoms with Gasteiger partial charge in [-0.15, -0.1) is 0 Å². The molecule has 8 nitrogen and oxygen atoms in total. The summed E-state index contributed by atoms with van der Waals surface area (Å²) in [5.74, 6) is 0.456. The Labute approximate surface area is 157 Å². The molecular formula is C20H14O8. The van der Waals surface area contributed by atoms with E-state index in [0.717, 1.165) is 0 Å². The molecule has 2 aromatic carbocycles. The Morgan fingerprint density at radius 3 is 2.18 bits per heavy atom. The molecule has 0 aliphatic rings. The molecule has 2 heterocycles. The third kappa shape index (κ3) is 3.01. The minimum Gasteiger partial charge on any atom is -0.504 e. The molecule has 28 heavy (non-hydrogen) atoms. The van der Waals surface area contributed by atoms with Crippen molar-refractivity contribution < 1.29 is 28.2 Å². The van der Waals surface area contributed by atoms with E-state index in [9.17, 15) is 14.7 Å². The van der Waals surface area contributed by atoms with Crippen LogP contribution in [0.4, 0.5) is 0 Å². The van der Waals surface area contributed by atoms with Gasteiger partial charge < -0.3 is 28.2 Å². The number of phenolic OH excluding ortho intramolecular Hbond substituents is 1. The normalized spacial score (nSPS) is 10.9. The van der Waals surface area contributed by atoms with E-state index in [1.165, 1.54) is 44.6 Å². The zero-order chi connectivity index (χ0) is 19.8. The lowest BCUT2D eigenvalue weighted by Gasteiger charge is -2.11.